The number of benzene rings is 2. The highest BCUT2D eigenvalue weighted by Crippen LogP contribution is 2.29. The molecule has 9 nitrogen and oxygen atoms in total. The second kappa shape index (κ2) is 6.66. The zero-order valence-electron chi connectivity index (χ0n) is 13.8. The number of hydrogen-bond donors (Lipinski definition) is 1. The third-order valence-corrected chi connectivity index (χ3v) is 5.23. The van der Waals surface area contributed by atoms with Crippen molar-refractivity contribution in [1.82, 2.24) is 9.88 Å². The van der Waals surface area contributed by atoms with Crippen molar-refractivity contribution >= 4 is 61.7 Å². The molecule has 0 fully saturated rings. The van der Waals surface area contributed by atoms with E-state index >= 15 is 0 Å². The summed E-state index contributed by atoms with van der Waals surface area (Å²) in [6.45, 7) is -0.531. The molecule has 1 N–H and O–H groups in total. The van der Waals surface area contributed by atoms with Crippen LogP contribution in [0.15, 0.2) is 36.4 Å². The molecule has 2 aromatic carbocycles. The van der Waals surface area contributed by atoms with E-state index in [0.29, 0.717) is 15.7 Å². The molecule has 3 amide bonds. The van der Waals surface area contributed by atoms with Crippen molar-refractivity contribution in [1.29, 1.82) is 0 Å². The molecule has 1 aromatic heterocycles. The molecule has 0 atom stereocenters. The molecule has 1 aliphatic rings. The van der Waals surface area contributed by atoms with Gasteiger partial charge in [0.2, 0.25) is 5.91 Å². The van der Waals surface area contributed by atoms with E-state index in [4.69, 9.17) is 11.6 Å². The largest absolute Gasteiger partial charge is 0.300 e. The number of carbonyl (C=O) groups is 3. The van der Waals surface area contributed by atoms with Gasteiger partial charge in [-0.05, 0) is 24.3 Å². The van der Waals surface area contributed by atoms with Crippen LogP contribution in [0.25, 0.3) is 10.2 Å². The molecule has 0 spiro atoms. The van der Waals surface area contributed by atoms with Crippen molar-refractivity contribution in [2.24, 2.45) is 0 Å². The van der Waals surface area contributed by atoms with Gasteiger partial charge in [0.05, 0.1) is 26.3 Å². The summed E-state index contributed by atoms with van der Waals surface area (Å²) in [6, 6.07) is 8.48. The molecular formula is C17H9ClN4O5S. The Morgan fingerprint density at radius 3 is 2.68 bits per heavy atom. The Hall–Kier alpha value is -3.37. The van der Waals surface area contributed by atoms with E-state index in [-0.39, 0.29) is 16.8 Å². The fraction of sp³-hybridized carbons (Fsp3) is 0.0588. The summed E-state index contributed by atoms with van der Waals surface area (Å²) in [5.41, 5.74) is 0.275. The number of hydrogen-bond acceptors (Lipinski definition) is 7. The second-order valence-electron chi connectivity index (χ2n) is 5.86. The molecule has 140 valence electrons. The number of fused-ring (bicyclic) bond motifs is 2. The topological polar surface area (TPSA) is 123 Å². The van der Waals surface area contributed by atoms with Crippen molar-refractivity contribution in [2.75, 3.05) is 11.9 Å². The Labute approximate surface area is 165 Å². The number of nitro groups is 1. The Kier molecular flexibility index (Phi) is 4.28. The lowest BCUT2D eigenvalue weighted by Gasteiger charge is -2.12. The molecule has 0 aliphatic carbocycles. The maximum absolute atomic E-state index is 12.4. The lowest BCUT2D eigenvalue weighted by atomic mass is 10.1. The normalized spacial score (nSPS) is 13.1. The SMILES string of the molecule is O=C(CN1C(=O)c2ccc([N+](=O)[O-])cc2C1=O)Nc1nc2ccc(Cl)cc2s1. The average molecular weight is 417 g/mol. The van der Waals surface area contributed by atoms with Gasteiger partial charge in [0.25, 0.3) is 17.5 Å². The molecule has 2 heterocycles. The molecule has 0 bridgehead atoms. The van der Waals surface area contributed by atoms with E-state index in [1.807, 2.05) is 0 Å². The number of aromatic nitrogens is 1. The Morgan fingerprint density at radius 1 is 1.18 bits per heavy atom. The van der Waals surface area contributed by atoms with Crippen LogP contribution < -0.4 is 5.32 Å². The maximum Gasteiger partial charge on any atom is 0.270 e. The average Bonchev–Trinajstić information content (AvgIpc) is 3.14. The second-order valence-corrected chi connectivity index (χ2v) is 7.33. The highest BCUT2D eigenvalue weighted by molar-refractivity contribution is 7.22. The summed E-state index contributed by atoms with van der Waals surface area (Å²) in [6.07, 6.45) is 0. The summed E-state index contributed by atoms with van der Waals surface area (Å²) in [4.78, 5) is 52.3. The number of nitrogens with one attached hydrogen (secondary N) is 1. The molecule has 0 radical (unpaired) electrons. The first-order valence-corrected chi connectivity index (χ1v) is 9.03. The monoisotopic (exact) mass is 416 g/mol. The van der Waals surface area contributed by atoms with Crippen molar-refractivity contribution in [3.05, 3.63) is 62.7 Å². The van der Waals surface area contributed by atoms with Gasteiger partial charge in [-0.1, -0.05) is 22.9 Å². The van der Waals surface area contributed by atoms with E-state index in [1.165, 1.54) is 17.4 Å². The van der Waals surface area contributed by atoms with Gasteiger partial charge >= 0.3 is 0 Å². The van der Waals surface area contributed by atoms with Crippen LogP contribution in [0.4, 0.5) is 10.8 Å². The van der Waals surface area contributed by atoms with E-state index in [9.17, 15) is 24.5 Å². The van der Waals surface area contributed by atoms with Crippen LogP contribution >= 0.6 is 22.9 Å². The molecule has 1 aliphatic heterocycles. The zero-order chi connectivity index (χ0) is 20.0. The van der Waals surface area contributed by atoms with Gasteiger partial charge in [-0.25, -0.2) is 4.98 Å². The highest BCUT2D eigenvalue weighted by atomic mass is 35.5. The van der Waals surface area contributed by atoms with E-state index in [1.54, 1.807) is 18.2 Å². The quantitative estimate of drug-likeness (QED) is 0.396. The summed E-state index contributed by atoms with van der Waals surface area (Å²) in [5.74, 6) is -2.05. The third kappa shape index (κ3) is 3.08. The van der Waals surface area contributed by atoms with Gasteiger partial charge < -0.3 is 5.32 Å². The van der Waals surface area contributed by atoms with Gasteiger partial charge in [-0.3, -0.25) is 29.4 Å². The van der Waals surface area contributed by atoms with Crippen LogP contribution in [-0.4, -0.2) is 39.1 Å². The number of anilines is 1. The minimum Gasteiger partial charge on any atom is -0.300 e. The van der Waals surface area contributed by atoms with Crippen LogP contribution in [0, 0.1) is 10.1 Å². The predicted molar refractivity (Wildman–Crippen MR) is 102 cm³/mol. The number of carbonyl (C=O) groups excluding carboxylic acids is 3. The number of nitrogens with zero attached hydrogens (tertiary/aromatic N) is 3. The van der Waals surface area contributed by atoms with Gasteiger partial charge in [0, 0.05) is 17.2 Å². The third-order valence-electron chi connectivity index (χ3n) is 4.06. The Bertz CT molecular complexity index is 1190. The summed E-state index contributed by atoms with van der Waals surface area (Å²) in [5, 5.41) is 14.2. The van der Waals surface area contributed by atoms with Crippen LogP contribution in [0.1, 0.15) is 20.7 Å². The van der Waals surface area contributed by atoms with Crippen LogP contribution in [-0.2, 0) is 4.79 Å². The molecule has 4 rings (SSSR count). The smallest absolute Gasteiger partial charge is 0.270 e. The number of non-ortho nitro benzene ring substituents is 1. The molecular weight excluding hydrogens is 408 g/mol. The highest BCUT2D eigenvalue weighted by Gasteiger charge is 2.37. The van der Waals surface area contributed by atoms with Gasteiger partial charge in [-0.15, -0.1) is 0 Å². The van der Waals surface area contributed by atoms with Crippen LogP contribution in [0.5, 0.6) is 0 Å². The maximum atomic E-state index is 12.4. The fourth-order valence-corrected chi connectivity index (χ4v) is 3.95. The minimum absolute atomic E-state index is 0.0260. The number of nitro benzene ring substituents is 1. The Morgan fingerprint density at radius 2 is 1.93 bits per heavy atom. The van der Waals surface area contributed by atoms with Crippen molar-refractivity contribution in [2.45, 2.75) is 0 Å². The number of imide groups is 1. The van der Waals surface area contributed by atoms with Crippen molar-refractivity contribution in [3.63, 3.8) is 0 Å². The number of halogens is 1. The van der Waals surface area contributed by atoms with Crippen LogP contribution in [0.2, 0.25) is 5.02 Å². The first kappa shape index (κ1) is 18.0. The zero-order valence-corrected chi connectivity index (χ0v) is 15.4. The summed E-state index contributed by atoms with van der Waals surface area (Å²) < 4.78 is 0.774. The van der Waals surface area contributed by atoms with E-state index in [0.717, 1.165) is 21.7 Å². The molecule has 0 unspecified atom stereocenters. The number of rotatable bonds is 4. The lowest BCUT2D eigenvalue weighted by Crippen LogP contribution is -2.37. The predicted octanol–water partition coefficient (Wildman–Crippen LogP) is 3.09. The molecule has 0 saturated carbocycles. The Balaban J connectivity index is 1.51. The van der Waals surface area contributed by atoms with E-state index < -0.39 is 29.2 Å². The first-order valence-electron chi connectivity index (χ1n) is 7.84. The summed E-state index contributed by atoms with van der Waals surface area (Å²) in [7, 11) is 0. The van der Waals surface area contributed by atoms with Crippen molar-refractivity contribution in [3.8, 4) is 0 Å². The van der Waals surface area contributed by atoms with Crippen molar-refractivity contribution < 1.29 is 19.3 Å². The standard InChI is InChI=1S/C17H9ClN4O5S/c18-8-1-4-12-13(5-8)28-17(19-12)20-14(23)7-21-15(24)10-3-2-9(22(26)27)6-11(10)16(21)25/h1-6H,7H2,(H,19,20,23). The number of amides is 3. The molecule has 0 saturated heterocycles. The summed E-state index contributed by atoms with van der Waals surface area (Å²) >= 11 is 7.12. The van der Waals surface area contributed by atoms with Gasteiger partial charge in [0.15, 0.2) is 5.13 Å². The minimum atomic E-state index is -0.755. The van der Waals surface area contributed by atoms with Gasteiger partial charge in [0.1, 0.15) is 6.54 Å². The lowest BCUT2D eigenvalue weighted by molar-refractivity contribution is -0.384. The fourth-order valence-electron chi connectivity index (χ4n) is 2.79. The van der Waals surface area contributed by atoms with Crippen LogP contribution in [0.3, 0.4) is 0 Å². The molecule has 3 aromatic rings. The van der Waals surface area contributed by atoms with Gasteiger partial charge in [-0.2, -0.15) is 0 Å². The molecule has 28 heavy (non-hydrogen) atoms. The first-order chi connectivity index (χ1) is 13.3. The number of thiazole rings is 1. The van der Waals surface area contributed by atoms with E-state index in [2.05, 4.69) is 10.3 Å². The molecule has 11 heteroatoms.